The number of carboxylic acid groups (broad SMARTS) is 1. The Morgan fingerprint density at radius 1 is 1.62 bits per heavy atom. The highest BCUT2D eigenvalue weighted by Crippen LogP contribution is 2.20. The van der Waals surface area contributed by atoms with Crippen molar-refractivity contribution in [3.63, 3.8) is 0 Å². The van der Waals surface area contributed by atoms with Crippen molar-refractivity contribution in [2.75, 3.05) is 13.1 Å². The highest BCUT2D eigenvalue weighted by Gasteiger charge is 2.15. The zero-order chi connectivity index (χ0) is 12.3. The lowest BCUT2D eigenvalue weighted by Crippen LogP contribution is -2.29. The summed E-state index contributed by atoms with van der Waals surface area (Å²) in [4.78, 5) is 12.4. The number of carbonyl (C=O) groups is 1. The molecule has 0 spiro atoms. The van der Waals surface area contributed by atoms with Crippen LogP contribution in [0.2, 0.25) is 5.15 Å². The molecule has 90 valence electrons. The molecule has 0 saturated carbocycles. The van der Waals surface area contributed by atoms with Crippen molar-refractivity contribution in [2.45, 2.75) is 20.4 Å². The molecule has 1 rings (SSSR count). The van der Waals surface area contributed by atoms with Crippen LogP contribution in [0.15, 0.2) is 0 Å². The molecule has 1 aromatic rings. The van der Waals surface area contributed by atoms with E-state index in [0.29, 0.717) is 18.2 Å². The Bertz CT molecular complexity index is 390. The third-order valence-corrected chi connectivity index (χ3v) is 2.93. The predicted octanol–water partition coefficient (Wildman–Crippen LogP) is 1.29. The van der Waals surface area contributed by atoms with Crippen LogP contribution in [0.3, 0.4) is 0 Å². The molecule has 0 unspecified atom stereocenters. The first kappa shape index (κ1) is 13.0. The summed E-state index contributed by atoms with van der Waals surface area (Å²) >= 11 is 6.08. The molecule has 0 radical (unpaired) electrons. The standard InChI is InChI=1S/C10H16ClN3O2/c1-4-14(6-9(15)16)5-8-7(2)12-13(3)10(8)11/h4-6H2,1-3H3,(H,15,16). The predicted molar refractivity (Wildman–Crippen MR) is 61.5 cm³/mol. The van der Waals surface area contributed by atoms with Crippen molar-refractivity contribution in [3.8, 4) is 0 Å². The molecule has 0 bridgehead atoms. The Hall–Kier alpha value is -1.07. The molecular weight excluding hydrogens is 230 g/mol. The molecule has 0 aliphatic rings. The molecule has 0 aliphatic carbocycles. The Morgan fingerprint density at radius 2 is 2.25 bits per heavy atom. The Morgan fingerprint density at radius 3 is 2.62 bits per heavy atom. The fourth-order valence-electron chi connectivity index (χ4n) is 1.55. The van der Waals surface area contributed by atoms with Gasteiger partial charge in [0.15, 0.2) is 0 Å². The monoisotopic (exact) mass is 245 g/mol. The number of rotatable bonds is 5. The Balaban J connectivity index is 2.81. The van der Waals surface area contributed by atoms with E-state index in [2.05, 4.69) is 5.10 Å². The minimum atomic E-state index is -0.834. The molecule has 6 heteroatoms. The van der Waals surface area contributed by atoms with Gasteiger partial charge >= 0.3 is 5.97 Å². The van der Waals surface area contributed by atoms with Gasteiger partial charge in [0.05, 0.1) is 12.2 Å². The number of nitrogens with zero attached hydrogens (tertiary/aromatic N) is 3. The third-order valence-electron chi connectivity index (χ3n) is 2.46. The highest BCUT2D eigenvalue weighted by atomic mass is 35.5. The van der Waals surface area contributed by atoms with E-state index in [0.717, 1.165) is 11.3 Å². The second kappa shape index (κ2) is 5.32. The summed E-state index contributed by atoms with van der Waals surface area (Å²) in [6.07, 6.45) is 0. The van der Waals surface area contributed by atoms with Crippen molar-refractivity contribution >= 4 is 17.6 Å². The normalized spacial score (nSPS) is 11.1. The van der Waals surface area contributed by atoms with Gasteiger partial charge in [0.25, 0.3) is 0 Å². The molecule has 16 heavy (non-hydrogen) atoms. The van der Waals surface area contributed by atoms with E-state index in [1.807, 2.05) is 13.8 Å². The summed E-state index contributed by atoms with van der Waals surface area (Å²) in [6, 6.07) is 0. The van der Waals surface area contributed by atoms with Gasteiger partial charge in [0.1, 0.15) is 5.15 Å². The molecule has 0 aliphatic heterocycles. The summed E-state index contributed by atoms with van der Waals surface area (Å²) in [5.41, 5.74) is 1.74. The summed E-state index contributed by atoms with van der Waals surface area (Å²) in [7, 11) is 1.77. The van der Waals surface area contributed by atoms with E-state index in [4.69, 9.17) is 16.7 Å². The third kappa shape index (κ3) is 2.96. The molecule has 1 heterocycles. The van der Waals surface area contributed by atoms with Gasteiger partial charge in [-0.25, -0.2) is 0 Å². The second-order valence-corrected chi connectivity index (χ2v) is 4.03. The quantitative estimate of drug-likeness (QED) is 0.849. The van der Waals surface area contributed by atoms with Crippen LogP contribution < -0.4 is 0 Å². The lowest BCUT2D eigenvalue weighted by Gasteiger charge is -2.17. The maximum Gasteiger partial charge on any atom is 0.317 e. The van der Waals surface area contributed by atoms with Crippen LogP contribution in [0, 0.1) is 6.92 Å². The zero-order valence-corrected chi connectivity index (χ0v) is 10.5. The first-order chi connectivity index (χ1) is 7.45. The molecule has 0 amide bonds. The van der Waals surface area contributed by atoms with Crippen LogP contribution in [0.4, 0.5) is 0 Å². The van der Waals surface area contributed by atoms with Crippen LogP contribution in [-0.4, -0.2) is 38.8 Å². The highest BCUT2D eigenvalue weighted by molar-refractivity contribution is 6.30. The lowest BCUT2D eigenvalue weighted by atomic mass is 10.2. The number of carboxylic acids is 1. The second-order valence-electron chi connectivity index (χ2n) is 3.68. The van der Waals surface area contributed by atoms with Crippen LogP contribution in [0.1, 0.15) is 18.2 Å². The van der Waals surface area contributed by atoms with E-state index in [1.165, 1.54) is 0 Å². The number of halogens is 1. The number of aliphatic carboxylic acids is 1. The van der Waals surface area contributed by atoms with Gasteiger partial charge < -0.3 is 5.11 Å². The number of hydrogen-bond donors (Lipinski definition) is 1. The molecule has 0 atom stereocenters. The van der Waals surface area contributed by atoms with Gasteiger partial charge in [-0.2, -0.15) is 5.10 Å². The minimum absolute atomic E-state index is 0.0150. The SMILES string of the molecule is CCN(CC(=O)O)Cc1c(C)nn(C)c1Cl. The average molecular weight is 246 g/mol. The van der Waals surface area contributed by atoms with Gasteiger partial charge in [-0.3, -0.25) is 14.4 Å². The summed E-state index contributed by atoms with van der Waals surface area (Å²) in [6.45, 7) is 4.98. The van der Waals surface area contributed by atoms with Crippen LogP contribution in [0.5, 0.6) is 0 Å². The van der Waals surface area contributed by atoms with Crippen LogP contribution >= 0.6 is 11.6 Å². The van der Waals surface area contributed by atoms with E-state index < -0.39 is 5.97 Å². The van der Waals surface area contributed by atoms with Gasteiger partial charge in [0, 0.05) is 19.2 Å². The molecular formula is C10H16ClN3O2. The summed E-state index contributed by atoms with van der Waals surface area (Å²) < 4.78 is 1.60. The number of aromatic nitrogens is 2. The van der Waals surface area contributed by atoms with Crippen molar-refractivity contribution in [1.29, 1.82) is 0 Å². The average Bonchev–Trinajstić information content (AvgIpc) is 2.43. The van der Waals surface area contributed by atoms with E-state index in [9.17, 15) is 4.79 Å². The van der Waals surface area contributed by atoms with Crippen molar-refractivity contribution in [3.05, 3.63) is 16.4 Å². The number of aryl methyl sites for hydroxylation is 2. The summed E-state index contributed by atoms with van der Waals surface area (Å²) in [5, 5.41) is 13.5. The van der Waals surface area contributed by atoms with Crippen molar-refractivity contribution < 1.29 is 9.90 Å². The molecule has 5 nitrogen and oxygen atoms in total. The van der Waals surface area contributed by atoms with Crippen molar-refractivity contribution in [2.24, 2.45) is 7.05 Å². The minimum Gasteiger partial charge on any atom is -0.480 e. The number of likely N-dealkylation sites (N-methyl/N-ethyl adjacent to an activating group) is 1. The van der Waals surface area contributed by atoms with Gasteiger partial charge in [0.2, 0.25) is 0 Å². The maximum atomic E-state index is 10.6. The molecule has 0 aromatic carbocycles. The van der Waals surface area contributed by atoms with Crippen LogP contribution in [0.25, 0.3) is 0 Å². The largest absolute Gasteiger partial charge is 0.480 e. The number of hydrogen-bond acceptors (Lipinski definition) is 3. The van der Waals surface area contributed by atoms with Gasteiger partial charge in [-0.1, -0.05) is 18.5 Å². The molecule has 1 aromatic heterocycles. The lowest BCUT2D eigenvalue weighted by molar-refractivity contribution is -0.138. The topological polar surface area (TPSA) is 58.4 Å². The molecule has 0 fully saturated rings. The first-order valence-corrected chi connectivity index (χ1v) is 5.45. The Labute approximate surface area is 99.6 Å². The summed E-state index contributed by atoms with van der Waals surface area (Å²) in [5.74, 6) is -0.834. The van der Waals surface area contributed by atoms with E-state index in [1.54, 1.807) is 16.6 Å². The zero-order valence-electron chi connectivity index (χ0n) is 9.70. The maximum absolute atomic E-state index is 10.6. The smallest absolute Gasteiger partial charge is 0.317 e. The fourth-order valence-corrected chi connectivity index (χ4v) is 1.78. The Kier molecular flexibility index (Phi) is 4.32. The fraction of sp³-hybridized carbons (Fsp3) is 0.600. The molecule has 0 saturated heterocycles. The van der Waals surface area contributed by atoms with Gasteiger partial charge in [-0.05, 0) is 13.5 Å². The van der Waals surface area contributed by atoms with Crippen molar-refractivity contribution in [1.82, 2.24) is 14.7 Å². The van der Waals surface area contributed by atoms with E-state index >= 15 is 0 Å². The van der Waals surface area contributed by atoms with Crippen LogP contribution in [-0.2, 0) is 18.4 Å². The van der Waals surface area contributed by atoms with E-state index in [-0.39, 0.29) is 6.54 Å². The molecule has 1 N–H and O–H groups in total. The van der Waals surface area contributed by atoms with Gasteiger partial charge in [-0.15, -0.1) is 0 Å². The first-order valence-electron chi connectivity index (χ1n) is 5.07.